The van der Waals surface area contributed by atoms with E-state index in [0.717, 1.165) is 38.6 Å². The van der Waals surface area contributed by atoms with Crippen LogP contribution in [0, 0.1) is 0 Å². The van der Waals surface area contributed by atoms with Gasteiger partial charge in [-0.05, 0) is 46.2 Å². The van der Waals surface area contributed by atoms with Gasteiger partial charge in [-0.1, -0.05) is 0 Å². The highest BCUT2D eigenvalue weighted by atomic mass is 16.5. The second-order valence-electron chi connectivity index (χ2n) is 4.32. The van der Waals surface area contributed by atoms with Crippen LogP contribution in [0.1, 0.15) is 32.6 Å². The van der Waals surface area contributed by atoms with Crippen LogP contribution in [0.3, 0.4) is 0 Å². The van der Waals surface area contributed by atoms with Crippen molar-refractivity contribution in [3.05, 3.63) is 0 Å². The molecular formula is C11H24N2O. The van der Waals surface area contributed by atoms with Crippen molar-refractivity contribution < 1.29 is 4.74 Å². The van der Waals surface area contributed by atoms with Gasteiger partial charge in [-0.15, -0.1) is 0 Å². The standard InChI is InChI=1S/C11H24N2O/c1-10(4-3-7-12)14-9-8-13(2)11-5-6-11/h10-11H,3-9,12H2,1-2H3. The van der Waals surface area contributed by atoms with Crippen LogP contribution in [-0.4, -0.2) is 43.8 Å². The molecule has 1 fully saturated rings. The minimum atomic E-state index is 0.367. The van der Waals surface area contributed by atoms with E-state index in [4.69, 9.17) is 10.5 Å². The molecule has 0 aliphatic heterocycles. The topological polar surface area (TPSA) is 38.5 Å². The van der Waals surface area contributed by atoms with Gasteiger partial charge >= 0.3 is 0 Å². The van der Waals surface area contributed by atoms with Crippen molar-refractivity contribution in [1.29, 1.82) is 0 Å². The van der Waals surface area contributed by atoms with Crippen molar-refractivity contribution in [2.45, 2.75) is 44.8 Å². The molecule has 0 spiro atoms. The minimum absolute atomic E-state index is 0.367. The summed E-state index contributed by atoms with van der Waals surface area (Å²) in [5, 5.41) is 0. The summed E-state index contributed by atoms with van der Waals surface area (Å²) >= 11 is 0. The van der Waals surface area contributed by atoms with E-state index >= 15 is 0 Å². The highest BCUT2D eigenvalue weighted by Crippen LogP contribution is 2.24. The molecule has 0 amide bonds. The van der Waals surface area contributed by atoms with Crippen LogP contribution < -0.4 is 5.73 Å². The van der Waals surface area contributed by atoms with Gasteiger partial charge < -0.3 is 15.4 Å². The average molecular weight is 200 g/mol. The van der Waals surface area contributed by atoms with Crippen molar-refractivity contribution in [3.63, 3.8) is 0 Å². The Kier molecular flexibility index (Phi) is 5.45. The molecule has 14 heavy (non-hydrogen) atoms. The molecule has 1 aliphatic carbocycles. The maximum Gasteiger partial charge on any atom is 0.0597 e. The highest BCUT2D eigenvalue weighted by molar-refractivity contribution is 4.82. The first kappa shape index (κ1) is 12.0. The third-order valence-corrected chi connectivity index (χ3v) is 2.83. The highest BCUT2D eigenvalue weighted by Gasteiger charge is 2.25. The second kappa shape index (κ2) is 6.38. The van der Waals surface area contributed by atoms with Crippen LogP contribution in [-0.2, 0) is 4.74 Å². The van der Waals surface area contributed by atoms with Gasteiger partial charge in [0.1, 0.15) is 0 Å². The van der Waals surface area contributed by atoms with Crippen LogP contribution in [0.2, 0.25) is 0 Å². The van der Waals surface area contributed by atoms with E-state index in [1.807, 2.05) is 0 Å². The van der Waals surface area contributed by atoms with Gasteiger partial charge in [0.05, 0.1) is 12.7 Å². The molecule has 0 bridgehead atoms. The van der Waals surface area contributed by atoms with Gasteiger partial charge in [-0.3, -0.25) is 0 Å². The van der Waals surface area contributed by atoms with Gasteiger partial charge in [0.15, 0.2) is 0 Å². The average Bonchev–Trinajstić information content (AvgIpc) is 2.97. The first-order valence-electron chi connectivity index (χ1n) is 5.76. The summed E-state index contributed by atoms with van der Waals surface area (Å²) in [6, 6.07) is 0.845. The molecule has 1 atom stereocenters. The number of hydrogen-bond donors (Lipinski definition) is 1. The first-order chi connectivity index (χ1) is 6.74. The van der Waals surface area contributed by atoms with E-state index in [-0.39, 0.29) is 0 Å². The van der Waals surface area contributed by atoms with Crippen molar-refractivity contribution >= 4 is 0 Å². The van der Waals surface area contributed by atoms with Crippen molar-refractivity contribution in [1.82, 2.24) is 4.90 Å². The summed E-state index contributed by atoms with van der Waals surface area (Å²) in [4.78, 5) is 2.40. The summed E-state index contributed by atoms with van der Waals surface area (Å²) in [5.74, 6) is 0. The smallest absolute Gasteiger partial charge is 0.0597 e. The van der Waals surface area contributed by atoms with Crippen molar-refractivity contribution in [2.75, 3.05) is 26.7 Å². The molecule has 1 rings (SSSR count). The molecule has 1 saturated carbocycles. The zero-order valence-electron chi connectivity index (χ0n) is 9.54. The van der Waals surface area contributed by atoms with Crippen LogP contribution in [0.4, 0.5) is 0 Å². The van der Waals surface area contributed by atoms with Crippen LogP contribution in [0.15, 0.2) is 0 Å². The number of hydrogen-bond acceptors (Lipinski definition) is 3. The fourth-order valence-electron chi connectivity index (χ4n) is 1.58. The first-order valence-corrected chi connectivity index (χ1v) is 5.76. The Balaban J connectivity index is 1.91. The lowest BCUT2D eigenvalue weighted by atomic mass is 10.2. The molecule has 0 aromatic rings. The zero-order valence-corrected chi connectivity index (χ0v) is 9.54. The number of rotatable bonds is 8. The van der Waals surface area contributed by atoms with Crippen molar-refractivity contribution in [2.24, 2.45) is 5.73 Å². The number of nitrogens with two attached hydrogens (primary N) is 1. The van der Waals surface area contributed by atoms with Gasteiger partial charge in [-0.2, -0.15) is 0 Å². The summed E-state index contributed by atoms with van der Waals surface area (Å²) in [7, 11) is 2.19. The molecule has 84 valence electrons. The van der Waals surface area contributed by atoms with E-state index < -0.39 is 0 Å². The van der Waals surface area contributed by atoms with E-state index in [9.17, 15) is 0 Å². The van der Waals surface area contributed by atoms with E-state index in [2.05, 4.69) is 18.9 Å². The van der Waals surface area contributed by atoms with Gasteiger partial charge in [-0.25, -0.2) is 0 Å². The molecule has 1 unspecified atom stereocenters. The van der Waals surface area contributed by atoms with Crippen LogP contribution in [0.25, 0.3) is 0 Å². The largest absolute Gasteiger partial charge is 0.377 e. The van der Waals surface area contributed by atoms with Gasteiger partial charge in [0.2, 0.25) is 0 Å². The lowest BCUT2D eigenvalue weighted by Gasteiger charge is -2.18. The van der Waals surface area contributed by atoms with E-state index in [0.29, 0.717) is 6.10 Å². The Morgan fingerprint density at radius 1 is 1.50 bits per heavy atom. The molecule has 0 aromatic carbocycles. The van der Waals surface area contributed by atoms with E-state index in [1.54, 1.807) is 0 Å². The Morgan fingerprint density at radius 2 is 2.21 bits per heavy atom. The maximum absolute atomic E-state index is 5.70. The molecule has 0 radical (unpaired) electrons. The van der Waals surface area contributed by atoms with Crippen LogP contribution >= 0.6 is 0 Å². The number of ether oxygens (including phenoxy) is 1. The Morgan fingerprint density at radius 3 is 2.79 bits per heavy atom. The second-order valence-corrected chi connectivity index (χ2v) is 4.32. The monoisotopic (exact) mass is 200 g/mol. The van der Waals surface area contributed by atoms with Gasteiger partial charge in [0.25, 0.3) is 0 Å². The molecule has 0 heterocycles. The normalized spacial score (nSPS) is 18.9. The SMILES string of the molecule is CC(CCCN)OCCN(C)C1CC1. The molecule has 0 saturated heterocycles. The van der Waals surface area contributed by atoms with Crippen molar-refractivity contribution in [3.8, 4) is 0 Å². The number of likely N-dealkylation sites (N-methyl/N-ethyl adjacent to an activating group) is 1. The quantitative estimate of drug-likeness (QED) is 0.640. The zero-order chi connectivity index (χ0) is 10.4. The lowest BCUT2D eigenvalue weighted by molar-refractivity contribution is 0.0457. The molecule has 0 aromatic heterocycles. The Bertz CT molecular complexity index is 148. The molecule has 3 nitrogen and oxygen atoms in total. The molecular weight excluding hydrogens is 176 g/mol. The molecule has 2 N–H and O–H groups in total. The summed E-state index contributed by atoms with van der Waals surface area (Å²) in [6.07, 6.45) is 5.27. The predicted molar refractivity (Wildman–Crippen MR) is 59.4 cm³/mol. The molecule has 1 aliphatic rings. The third kappa shape index (κ3) is 4.94. The number of nitrogens with zero attached hydrogens (tertiary/aromatic N) is 1. The van der Waals surface area contributed by atoms with Gasteiger partial charge in [0, 0.05) is 12.6 Å². The maximum atomic E-state index is 5.70. The Hall–Kier alpha value is -0.120. The Labute approximate surface area is 87.6 Å². The minimum Gasteiger partial charge on any atom is -0.377 e. The third-order valence-electron chi connectivity index (χ3n) is 2.83. The lowest BCUT2D eigenvalue weighted by Crippen LogP contribution is -2.26. The summed E-state index contributed by atoms with van der Waals surface area (Å²) in [6.45, 7) is 4.83. The van der Waals surface area contributed by atoms with Crippen LogP contribution in [0.5, 0.6) is 0 Å². The fourth-order valence-corrected chi connectivity index (χ4v) is 1.58. The predicted octanol–water partition coefficient (Wildman–Crippen LogP) is 1.22. The summed E-state index contributed by atoms with van der Waals surface area (Å²) in [5.41, 5.74) is 5.44. The summed E-state index contributed by atoms with van der Waals surface area (Å²) < 4.78 is 5.70. The van der Waals surface area contributed by atoms with E-state index in [1.165, 1.54) is 12.8 Å². The molecule has 3 heteroatoms. The fraction of sp³-hybridized carbons (Fsp3) is 1.00.